The first kappa shape index (κ1) is 9.03. The SMILES string of the molecule is c1cnc2c(c1)C(NC1=NCCO1)CS2. The van der Waals surface area contributed by atoms with Gasteiger partial charge in [-0.25, -0.2) is 9.98 Å². The van der Waals surface area contributed by atoms with Crippen molar-refractivity contribution in [1.29, 1.82) is 0 Å². The molecule has 0 aliphatic carbocycles. The van der Waals surface area contributed by atoms with Gasteiger partial charge in [0.25, 0.3) is 6.02 Å². The van der Waals surface area contributed by atoms with E-state index in [-0.39, 0.29) is 6.04 Å². The summed E-state index contributed by atoms with van der Waals surface area (Å²) in [6, 6.07) is 5.04. The predicted octanol–water partition coefficient (Wildman–Crippen LogP) is 1.20. The predicted molar refractivity (Wildman–Crippen MR) is 59.1 cm³/mol. The topological polar surface area (TPSA) is 46.5 Å². The van der Waals surface area contributed by atoms with E-state index in [9.17, 15) is 0 Å². The maximum absolute atomic E-state index is 5.34. The smallest absolute Gasteiger partial charge is 0.285 e. The summed E-state index contributed by atoms with van der Waals surface area (Å²) in [5.41, 5.74) is 1.25. The maximum Gasteiger partial charge on any atom is 0.285 e. The summed E-state index contributed by atoms with van der Waals surface area (Å²) in [6.45, 7) is 1.46. The molecule has 5 heteroatoms. The van der Waals surface area contributed by atoms with Crippen LogP contribution in [0.25, 0.3) is 0 Å². The van der Waals surface area contributed by atoms with Crippen LogP contribution in [0.1, 0.15) is 11.6 Å². The summed E-state index contributed by atoms with van der Waals surface area (Å²) in [5.74, 6) is 0.995. The van der Waals surface area contributed by atoms with Gasteiger partial charge in [0.15, 0.2) is 0 Å². The fourth-order valence-corrected chi connectivity index (χ4v) is 2.83. The summed E-state index contributed by atoms with van der Waals surface area (Å²) in [5, 5.41) is 4.42. The van der Waals surface area contributed by atoms with Crippen molar-refractivity contribution >= 4 is 17.8 Å². The third kappa shape index (κ3) is 1.67. The van der Waals surface area contributed by atoms with Gasteiger partial charge in [0.1, 0.15) is 11.6 Å². The van der Waals surface area contributed by atoms with Crippen LogP contribution in [0.4, 0.5) is 0 Å². The Morgan fingerprint density at radius 3 is 3.40 bits per heavy atom. The number of pyridine rings is 1. The van der Waals surface area contributed by atoms with E-state index in [2.05, 4.69) is 21.4 Å². The van der Waals surface area contributed by atoms with E-state index in [0.717, 1.165) is 17.3 Å². The molecule has 1 atom stereocenters. The summed E-state index contributed by atoms with van der Waals surface area (Å²) >= 11 is 1.78. The van der Waals surface area contributed by atoms with Crippen LogP contribution in [0.2, 0.25) is 0 Å². The summed E-state index contributed by atoms with van der Waals surface area (Å²) in [4.78, 5) is 8.55. The van der Waals surface area contributed by atoms with Gasteiger partial charge in [-0.15, -0.1) is 11.8 Å². The maximum atomic E-state index is 5.34. The lowest BCUT2D eigenvalue weighted by Gasteiger charge is -2.12. The zero-order chi connectivity index (χ0) is 10.1. The zero-order valence-electron chi connectivity index (χ0n) is 8.14. The number of nitrogens with one attached hydrogen (secondary N) is 1. The number of nitrogens with zero attached hydrogens (tertiary/aromatic N) is 2. The summed E-state index contributed by atoms with van der Waals surface area (Å²) in [7, 11) is 0. The Morgan fingerprint density at radius 2 is 2.53 bits per heavy atom. The zero-order valence-corrected chi connectivity index (χ0v) is 8.96. The van der Waals surface area contributed by atoms with E-state index < -0.39 is 0 Å². The Balaban J connectivity index is 1.79. The highest BCUT2D eigenvalue weighted by atomic mass is 32.2. The third-order valence-corrected chi connectivity index (χ3v) is 3.56. The Kier molecular flexibility index (Phi) is 2.25. The second kappa shape index (κ2) is 3.73. The highest BCUT2D eigenvalue weighted by Gasteiger charge is 2.25. The molecule has 2 aliphatic heterocycles. The molecule has 1 aromatic rings. The second-order valence-electron chi connectivity index (χ2n) is 3.44. The van der Waals surface area contributed by atoms with Crippen molar-refractivity contribution in [2.24, 2.45) is 4.99 Å². The Hall–Kier alpha value is -1.23. The normalized spacial score (nSPS) is 23.2. The summed E-state index contributed by atoms with van der Waals surface area (Å²) < 4.78 is 5.34. The Bertz CT molecular complexity index is 407. The first-order valence-corrected chi connectivity index (χ1v) is 5.93. The van der Waals surface area contributed by atoms with Gasteiger partial charge in [-0.1, -0.05) is 6.07 Å². The molecule has 0 saturated carbocycles. The molecule has 0 aromatic carbocycles. The van der Waals surface area contributed by atoms with Crippen molar-refractivity contribution in [3.8, 4) is 0 Å². The lowest BCUT2D eigenvalue weighted by molar-refractivity contribution is 0.327. The van der Waals surface area contributed by atoms with E-state index in [1.165, 1.54) is 5.56 Å². The number of ether oxygens (including phenoxy) is 1. The van der Waals surface area contributed by atoms with Crippen molar-refractivity contribution in [3.05, 3.63) is 23.9 Å². The number of amidine groups is 1. The van der Waals surface area contributed by atoms with Gasteiger partial charge < -0.3 is 10.1 Å². The van der Waals surface area contributed by atoms with Gasteiger partial charge in [-0.3, -0.25) is 0 Å². The highest BCUT2D eigenvalue weighted by molar-refractivity contribution is 7.99. The van der Waals surface area contributed by atoms with Gasteiger partial charge in [0.05, 0.1) is 12.6 Å². The fraction of sp³-hybridized carbons (Fsp3) is 0.400. The molecular formula is C10H11N3OS. The second-order valence-corrected chi connectivity index (χ2v) is 4.45. The molecule has 3 rings (SSSR count). The lowest BCUT2D eigenvalue weighted by atomic mass is 10.1. The van der Waals surface area contributed by atoms with Crippen molar-refractivity contribution < 1.29 is 4.74 Å². The molecule has 0 saturated heterocycles. The molecule has 1 unspecified atom stereocenters. The van der Waals surface area contributed by atoms with Crippen LogP contribution in [0.5, 0.6) is 0 Å². The minimum atomic E-state index is 0.288. The van der Waals surface area contributed by atoms with Gasteiger partial charge >= 0.3 is 0 Å². The van der Waals surface area contributed by atoms with Gasteiger partial charge in [-0.05, 0) is 6.07 Å². The number of rotatable bonds is 1. The number of hydrogen-bond acceptors (Lipinski definition) is 5. The van der Waals surface area contributed by atoms with Crippen LogP contribution < -0.4 is 5.32 Å². The van der Waals surface area contributed by atoms with Crippen molar-refractivity contribution in [2.75, 3.05) is 18.9 Å². The van der Waals surface area contributed by atoms with Gasteiger partial charge in [0.2, 0.25) is 0 Å². The number of thioether (sulfide) groups is 1. The standard InChI is InChI=1S/C10H11N3OS/c1-2-7-8(6-15-9(7)11-3-1)13-10-12-4-5-14-10/h1-3,8H,4-6H2,(H,12,13). The van der Waals surface area contributed by atoms with Crippen LogP contribution in [0.15, 0.2) is 28.3 Å². The van der Waals surface area contributed by atoms with Crippen LogP contribution in [0, 0.1) is 0 Å². The molecule has 4 nitrogen and oxygen atoms in total. The minimum Gasteiger partial charge on any atom is -0.463 e. The Morgan fingerprint density at radius 1 is 1.53 bits per heavy atom. The van der Waals surface area contributed by atoms with Crippen molar-refractivity contribution in [2.45, 2.75) is 11.1 Å². The van der Waals surface area contributed by atoms with E-state index in [1.54, 1.807) is 11.8 Å². The molecule has 1 N–H and O–H groups in total. The monoisotopic (exact) mass is 221 g/mol. The molecule has 1 aromatic heterocycles. The fourth-order valence-electron chi connectivity index (χ4n) is 1.73. The van der Waals surface area contributed by atoms with Gasteiger partial charge in [0, 0.05) is 17.5 Å². The van der Waals surface area contributed by atoms with Crippen LogP contribution in [0.3, 0.4) is 0 Å². The van der Waals surface area contributed by atoms with Crippen LogP contribution in [-0.4, -0.2) is 29.9 Å². The van der Waals surface area contributed by atoms with Crippen molar-refractivity contribution in [1.82, 2.24) is 10.3 Å². The quantitative estimate of drug-likeness (QED) is 0.774. The number of aliphatic imine (C=N–C) groups is 1. The van der Waals surface area contributed by atoms with Crippen LogP contribution in [-0.2, 0) is 4.74 Å². The molecule has 0 amide bonds. The molecule has 0 spiro atoms. The molecule has 2 aliphatic rings. The number of aromatic nitrogens is 1. The number of hydrogen-bond donors (Lipinski definition) is 1. The molecule has 0 fully saturated rings. The molecule has 15 heavy (non-hydrogen) atoms. The molecule has 0 bridgehead atoms. The lowest BCUT2D eigenvalue weighted by Crippen LogP contribution is -2.28. The summed E-state index contributed by atoms with van der Waals surface area (Å²) in [6.07, 6.45) is 1.83. The van der Waals surface area contributed by atoms with Crippen LogP contribution >= 0.6 is 11.8 Å². The Labute approximate surface area is 92.1 Å². The van der Waals surface area contributed by atoms with Crippen molar-refractivity contribution in [3.63, 3.8) is 0 Å². The van der Waals surface area contributed by atoms with E-state index in [4.69, 9.17) is 4.74 Å². The first-order valence-electron chi connectivity index (χ1n) is 4.95. The van der Waals surface area contributed by atoms with E-state index in [0.29, 0.717) is 12.6 Å². The minimum absolute atomic E-state index is 0.288. The average Bonchev–Trinajstić information content (AvgIpc) is 2.89. The third-order valence-electron chi connectivity index (χ3n) is 2.45. The largest absolute Gasteiger partial charge is 0.463 e. The number of fused-ring (bicyclic) bond motifs is 1. The molecular weight excluding hydrogens is 210 g/mol. The first-order chi connectivity index (χ1) is 7.43. The molecule has 3 heterocycles. The highest BCUT2D eigenvalue weighted by Crippen LogP contribution is 2.36. The molecule has 0 radical (unpaired) electrons. The molecule has 78 valence electrons. The average molecular weight is 221 g/mol. The van der Waals surface area contributed by atoms with E-state index >= 15 is 0 Å². The van der Waals surface area contributed by atoms with E-state index in [1.807, 2.05) is 12.3 Å². The van der Waals surface area contributed by atoms with Gasteiger partial charge in [-0.2, -0.15) is 0 Å².